The summed E-state index contributed by atoms with van der Waals surface area (Å²) in [6.07, 6.45) is 0.287. The highest BCUT2D eigenvalue weighted by molar-refractivity contribution is 5.89. The van der Waals surface area contributed by atoms with E-state index in [2.05, 4.69) is 25.7 Å². The van der Waals surface area contributed by atoms with Crippen molar-refractivity contribution >= 4 is 22.5 Å². The Hall–Kier alpha value is -3.45. The van der Waals surface area contributed by atoms with Gasteiger partial charge in [-0.05, 0) is 24.1 Å². The van der Waals surface area contributed by atoms with Gasteiger partial charge < -0.3 is 14.8 Å². The second-order valence-corrected chi connectivity index (χ2v) is 8.93. The van der Waals surface area contributed by atoms with E-state index in [9.17, 15) is 4.39 Å². The van der Waals surface area contributed by atoms with E-state index in [0.29, 0.717) is 42.8 Å². The Labute approximate surface area is 208 Å². The molecule has 36 heavy (non-hydrogen) atoms. The summed E-state index contributed by atoms with van der Waals surface area (Å²) in [6.45, 7) is 1.33. The molecule has 190 valence electrons. The van der Waals surface area contributed by atoms with Crippen molar-refractivity contribution in [3.8, 4) is 17.0 Å². The zero-order valence-corrected chi connectivity index (χ0v) is 19.1. The van der Waals surface area contributed by atoms with Crippen molar-refractivity contribution in [1.82, 2.24) is 34.5 Å². The Morgan fingerprint density at radius 3 is 2.97 bits per heavy atom. The summed E-state index contributed by atoms with van der Waals surface area (Å²) in [6, 6.07) is 4.33. The molecule has 3 aromatic heterocycles. The molecule has 0 bridgehead atoms. The smallest absolute Gasteiger partial charge is 0.244 e. The predicted molar refractivity (Wildman–Crippen MR) is 125 cm³/mol. The number of aromatic nitrogens is 6. The van der Waals surface area contributed by atoms with Crippen molar-refractivity contribution in [2.45, 2.75) is 31.2 Å². The minimum atomic E-state index is -2.91. The van der Waals surface area contributed by atoms with Gasteiger partial charge in [0.1, 0.15) is 23.9 Å². The lowest BCUT2D eigenvalue weighted by atomic mass is 10.0. The highest BCUT2D eigenvalue weighted by Crippen LogP contribution is 2.35. The van der Waals surface area contributed by atoms with Crippen molar-refractivity contribution in [3.63, 3.8) is 0 Å². The molecule has 13 heteroatoms. The fraction of sp³-hybridized carbons (Fsp3) is 0.478. The number of piperidine rings is 1. The van der Waals surface area contributed by atoms with Crippen LogP contribution in [0.3, 0.4) is 0 Å². The third-order valence-electron chi connectivity index (χ3n) is 6.77. The normalized spacial score (nSPS) is 22.8. The van der Waals surface area contributed by atoms with Crippen molar-refractivity contribution in [2.75, 3.05) is 45.3 Å². The highest BCUT2D eigenvalue weighted by Gasteiger charge is 2.36. The second-order valence-electron chi connectivity index (χ2n) is 8.93. The summed E-state index contributed by atoms with van der Waals surface area (Å²) in [4.78, 5) is 6.26. The molecule has 0 radical (unpaired) electrons. The molecule has 10 nitrogen and oxygen atoms in total. The summed E-state index contributed by atoms with van der Waals surface area (Å²) in [5, 5.41) is 15.1. The maximum Gasteiger partial charge on any atom is 0.244 e. The standard InChI is InChI=1S/C23H25F3N8O2/c1-35-22-21-20(13-2-3-18-19(8-13)33(7-5-24)31-29-18)16(26)10-34(21)30-23(28-22)27-17-4-6-32(9-15(17)25)14-11-36-12-14/h2-3,8,10,14-15,17H,4-7,9,11-12H2,1H3,(H,27,30)/t15-,17-/m1/s1/i1D3. The Kier molecular flexibility index (Phi) is 5.04. The molecule has 2 fully saturated rings. The molecule has 0 amide bonds. The largest absolute Gasteiger partial charge is 0.479 e. The number of methoxy groups -OCH3 is 1. The van der Waals surface area contributed by atoms with Gasteiger partial charge in [-0.2, -0.15) is 4.98 Å². The SMILES string of the molecule is [2H]C([2H])([2H])Oc1nc(N[C@@H]2CCN(C3COC3)C[C@H]2F)nn2cc(F)c(-c3ccc4nnn(CCF)c4c3)c12. The minimum Gasteiger partial charge on any atom is -0.479 e. The lowest BCUT2D eigenvalue weighted by Gasteiger charge is -2.42. The predicted octanol–water partition coefficient (Wildman–Crippen LogP) is 2.48. The van der Waals surface area contributed by atoms with Crippen LogP contribution in [0.4, 0.5) is 19.1 Å². The maximum atomic E-state index is 15.4. The number of hydrogen-bond donors (Lipinski definition) is 1. The molecule has 0 saturated carbocycles. The molecule has 2 saturated heterocycles. The van der Waals surface area contributed by atoms with Crippen LogP contribution in [-0.4, -0.2) is 92.8 Å². The molecule has 1 N–H and O–H groups in total. The first-order valence-electron chi connectivity index (χ1n) is 13.1. The first-order valence-corrected chi connectivity index (χ1v) is 11.6. The average Bonchev–Trinajstić information content (AvgIpc) is 3.38. The van der Waals surface area contributed by atoms with E-state index in [1.165, 1.54) is 4.68 Å². The molecule has 2 aliphatic rings. The fourth-order valence-corrected chi connectivity index (χ4v) is 4.82. The first kappa shape index (κ1) is 19.7. The summed E-state index contributed by atoms with van der Waals surface area (Å²) in [5.74, 6) is -1.22. The number of benzene rings is 1. The van der Waals surface area contributed by atoms with E-state index in [1.807, 2.05) is 4.90 Å². The lowest BCUT2D eigenvalue weighted by molar-refractivity contribution is -0.0794. The van der Waals surface area contributed by atoms with Gasteiger partial charge in [-0.1, -0.05) is 11.3 Å². The summed E-state index contributed by atoms with van der Waals surface area (Å²) >= 11 is 0. The van der Waals surface area contributed by atoms with Gasteiger partial charge in [0.15, 0.2) is 5.82 Å². The number of nitrogens with zero attached hydrogens (tertiary/aromatic N) is 7. The summed E-state index contributed by atoms with van der Waals surface area (Å²) in [7, 11) is -2.91. The zero-order chi connectivity index (χ0) is 27.3. The number of hydrogen-bond acceptors (Lipinski definition) is 8. The zero-order valence-electron chi connectivity index (χ0n) is 22.1. The lowest BCUT2D eigenvalue weighted by Crippen LogP contribution is -2.57. The number of aryl methyl sites for hydroxylation is 1. The average molecular weight is 506 g/mol. The van der Waals surface area contributed by atoms with Crippen LogP contribution in [0, 0.1) is 5.82 Å². The number of halogens is 3. The highest BCUT2D eigenvalue weighted by atomic mass is 19.1. The third-order valence-corrected chi connectivity index (χ3v) is 6.77. The van der Waals surface area contributed by atoms with Gasteiger partial charge in [0.2, 0.25) is 11.8 Å². The summed E-state index contributed by atoms with van der Waals surface area (Å²) < 4.78 is 79.2. The van der Waals surface area contributed by atoms with E-state index >= 15 is 8.78 Å². The Morgan fingerprint density at radius 2 is 2.22 bits per heavy atom. The Balaban J connectivity index is 1.37. The van der Waals surface area contributed by atoms with E-state index in [0.717, 1.165) is 10.7 Å². The van der Waals surface area contributed by atoms with Gasteiger partial charge in [-0.15, -0.1) is 10.2 Å². The van der Waals surface area contributed by atoms with E-state index < -0.39 is 37.6 Å². The number of nitrogens with one attached hydrogen (secondary N) is 1. The molecule has 6 rings (SSSR count). The van der Waals surface area contributed by atoms with Crippen LogP contribution >= 0.6 is 0 Å². The van der Waals surface area contributed by atoms with E-state index in [4.69, 9.17) is 13.6 Å². The van der Waals surface area contributed by atoms with Gasteiger partial charge in [0.05, 0.1) is 60.3 Å². The topological polar surface area (TPSA) is 94.6 Å². The van der Waals surface area contributed by atoms with Crippen molar-refractivity contribution in [2.24, 2.45) is 0 Å². The van der Waals surface area contributed by atoms with Crippen LogP contribution in [-0.2, 0) is 11.3 Å². The number of ether oxygens (including phenoxy) is 2. The van der Waals surface area contributed by atoms with E-state index in [1.54, 1.807) is 18.2 Å². The fourth-order valence-electron chi connectivity index (χ4n) is 4.82. The van der Waals surface area contributed by atoms with Crippen LogP contribution in [0.1, 0.15) is 10.5 Å². The molecular weight excluding hydrogens is 477 g/mol. The molecule has 5 heterocycles. The summed E-state index contributed by atoms with van der Waals surface area (Å²) in [5.41, 5.74) is 1.23. The van der Waals surface area contributed by atoms with Gasteiger partial charge >= 0.3 is 0 Å². The Bertz CT molecular complexity index is 1510. The minimum absolute atomic E-state index is 0.0184. The van der Waals surface area contributed by atoms with Gasteiger partial charge in [-0.3, -0.25) is 4.90 Å². The molecule has 0 aliphatic carbocycles. The second kappa shape index (κ2) is 9.21. The van der Waals surface area contributed by atoms with Crippen LogP contribution in [0.5, 0.6) is 5.88 Å². The molecule has 0 unspecified atom stereocenters. The van der Waals surface area contributed by atoms with E-state index in [-0.39, 0.29) is 36.2 Å². The monoisotopic (exact) mass is 505 g/mol. The molecule has 4 aromatic rings. The van der Waals surface area contributed by atoms with Crippen molar-refractivity contribution in [1.29, 1.82) is 0 Å². The number of rotatable bonds is 7. The van der Waals surface area contributed by atoms with Gasteiger partial charge in [0, 0.05) is 13.1 Å². The number of anilines is 1. The van der Waals surface area contributed by atoms with Crippen LogP contribution < -0.4 is 10.1 Å². The van der Waals surface area contributed by atoms with Crippen molar-refractivity contribution in [3.05, 3.63) is 30.2 Å². The number of likely N-dealkylation sites (tertiary alicyclic amines) is 1. The molecular formula is C23H25F3N8O2. The van der Waals surface area contributed by atoms with Gasteiger partial charge in [0.25, 0.3) is 0 Å². The molecule has 0 spiro atoms. The number of fused-ring (bicyclic) bond motifs is 2. The van der Waals surface area contributed by atoms with Crippen LogP contribution in [0.25, 0.3) is 27.7 Å². The Morgan fingerprint density at radius 1 is 1.33 bits per heavy atom. The van der Waals surface area contributed by atoms with Crippen molar-refractivity contribution < 1.29 is 26.8 Å². The quantitative estimate of drug-likeness (QED) is 0.410. The van der Waals surface area contributed by atoms with Crippen LogP contribution in [0.2, 0.25) is 0 Å². The molecule has 2 aliphatic heterocycles. The van der Waals surface area contributed by atoms with Gasteiger partial charge in [-0.25, -0.2) is 22.4 Å². The number of alkyl halides is 2. The first-order chi connectivity index (χ1) is 18.7. The maximum absolute atomic E-state index is 15.4. The molecule has 1 aromatic carbocycles. The molecule has 2 atom stereocenters. The van der Waals surface area contributed by atoms with Crippen LogP contribution in [0.15, 0.2) is 24.4 Å². The third kappa shape index (κ3) is 3.91.